The lowest BCUT2D eigenvalue weighted by molar-refractivity contribution is -0.384. The maximum absolute atomic E-state index is 12.3. The molecule has 0 unspecified atom stereocenters. The molecule has 0 aliphatic heterocycles. The van der Waals surface area contributed by atoms with Crippen molar-refractivity contribution in [2.45, 2.75) is 64.8 Å². The van der Waals surface area contributed by atoms with Crippen LogP contribution < -0.4 is 27.0 Å². The molecule has 22 heteroatoms. The van der Waals surface area contributed by atoms with E-state index < -0.39 is 93.5 Å². The average molecular weight is 814 g/mol. The predicted molar refractivity (Wildman–Crippen MR) is 190 cm³/mol. The number of nitrogens with one attached hydrogen (secondary N) is 4. The van der Waals surface area contributed by atoms with Gasteiger partial charge in [0.1, 0.15) is 28.3 Å². The standard InChI is InChI=1S/C15H17Cl2N3O7.C15H19Cl2N3O5/c1-15(2,3)27-14(24)18-6-8(13(22)23)19-12(21)10-7(16)4-5-9(11(10)17)20(25)26;1-15(2,3)25-14(24)19-6-9(13(22)23)20-12(21)10-7(16)4-5-8(18)11(10)17/h4-5,8H,6H2,1-3H3,(H,18,24)(H,19,21)(H,22,23);4-5,9H,6,18H2,1-3H3,(H,19,24)(H,20,21)(H,22,23)/t8-;9-/m00/s1. The lowest BCUT2D eigenvalue weighted by atomic mass is 10.1. The molecule has 0 heterocycles. The number of hydrogen-bond acceptors (Lipinski definition) is 11. The van der Waals surface area contributed by atoms with Crippen molar-refractivity contribution in [1.29, 1.82) is 0 Å². The van der Waals surface area contributed by atoms with Gasteiger partial charge in [0.15, 0.2) is 0 Å². The molecule has 52 heavy (non-hydrogen) atoms. The molecule has 286 valence electrons. The molecule has 4 amide bonds. The van der Waals surface area contributed by atoms with E-state index in [9.17, 15) is 49.1 Å². The number of nitro benzene ring substituents is 1. The minimum atomic E-state index is -1.56. The van der Waals surface area contributed by atoms with E-state index in [1.54, 1.807) is 41.5 Å². The average Bonchev–Trinajstić information content (AvgIpc) is 2.97. The Balaban J connectivity index is 0.000000522. The largest absolute Gasteiger partial charge is 0.480 e. The zero-order chi connectivity index (χ0) is 40.3. The summed E-state index contributed by atoms with van der Waals surface area (Å²) >= 11 is 23.6. The van der Waals surface area contributed by atoms with Crippen LogP contribution in [0.15, 0.2) is 24.3 Å². The van der Waals surface area contributed by atoms with Crippen LogP contribution >= 0.6 is 46.4 Å². The summed E-state index contributed by atoms with van der Waals surface area (Å²) < 4.78 is 9.96. The van der Waals surface area contributed by atoms with Crippen LogP contribution in [-0.4, -0.2) is 87.5 Å². The molecule has 2 atom stereocenters. The Hall–Kier alpha value is -4.78. The zero-order valence-corrected chi connectivity index (χ0v) is 31.4. The molecule has 0 fully saturated rings. The van der Waals surface area contributed by atoms with Gasteiger partial charge in [0.2, 0.25) is 0 Å². The number of alkyl carbamates (subject to hydrolysis) is 2. The van der Waals surface area contributed by atoms with Crippen molar-refractivity contribution >= 4 is 93.7 Å². The molecule has 2 rings (SSSR count). The highest BCUT2D eigenvalue weighted by Gasteiger charge is 2.29. The van der Waals surface area contributed by atoms with Crippen LogP contribution in [0.3, 0.4) is 0 Å². The Kier molecular flexibility index (Phi) is 16.7. The summed E-state index contributed by atoms with van der Waals surface area (Å²) in [6.07, 6.45) is -1.69. The fraction of sp³-hybridized carbons (Fsp3) is 0.400. The van der Waals surface area contributed by atoms with Gasteiger partial charge in [-0.2, -0.15) is 0 Å². The summed E-state index contributed by atoms with van der Waals surface area (Å²) in [6, 6.07) is 1.91. The third-order valence-corrected chi connectivity index (χ3v) is 7.17. The zero-order valence-electron chi connectivity index (χ0n) is 28.4. The maximum atomic E-state index is 12.3. The van der Waals surface area contributed by atoms with Gasteiger partial charge in [0, 0.05) is 6.07 Å². The number of benzene rings is 2. The summed E-state index contributed by atoms with van der Waals surface area (Å²) in [6.45, 7) is 8.94. The van der Waals surface area contributed by atoms with E-state index in [-0.39, 0.29) is 26.3 Å². The molecule has 2 aromatic carbocycles. The Morgan fingerprint density at radius 3 is 1.44 bits per heavy atom. The van der Waals surface area contributed by atoms with Crippen molar-refractivity contribution in [1.82, 2.24) is 21.3 Å². The number of nitrogens with two attached hydrogens (primary N) is 1. The number of anilines is 1. The van der Waals surface area contributed by atoms with E-state index in [0.717, 1.165) is 12.1 Å². The highest BCUT2D eigenvalue weighted by atomic mass is 35.5. The minimum absolute atomic E-state index is 0.0148. The molecule has 0 aromatic heterocycles. The number of carbonyl (C=O) groups excluding carboxylic acids is 4. The fourth-order valence-electron chi connectivity index (χ4n) is 3.53. The van der Waals surface area contributed by atoms with Crippen molar-refractivity contribution in [3.05, 3.63) is 65.6 Å². The molecule has 0 spiro atoms. The number of nitro groups is 1. The Morgan fingerprint density at radius 2 is 1.10 bits per heavy atom. The topological polar surface area (TPSA) is 279 Å². The van der Waals surface area contributed by atoms with Crippen molar-refractivity contribution in [2.75, 3.05) is 18.8 Å². The third kappa shape index (κ3) is 14.8. The lowest BCUT2D eigenvalue weighted by Gasteiger charge is -2.21. The molecule has 2 aromatic rings. The van der Waals surface area contributed by atoms with Crippen molar-refractivity contribution in [3.8, 4) is 0 Å². The number of carboxylic acids is 2. The van der Waals surface area contributed by atoms with E-state index >= 15 is 0 Å². The number of nitrogen functional groups attached to an aromatic ring is 1. The number of carbonyl (C=O) groups is 6. The number of halogens is 4. The van der Waals surface area contributed by atoms with E-state index in [1.807, 2.05) is 0 Å². The minimum Gasteiger partial charge on any atom is -0.480 e. The van der Waals surface area contributed by atoms with Gasteiger partial charge in [-0.25, -0.2) is 19.2 Å². The Labute approximate surface area is 316 Å². The van der Waals surface area contributed by atoms with Crippen LogP contribution in [0.4, 0.5) is 21.0 Å². The Morgan fingerprint density at radius 1 is 0.731 bits per heavy atom. The first-order valence-electron chi connectivity index (χ1n) is 14.6. The van der Waals surface area contributed by atoms with Gasteiger partial charge in [-0.3, -0.25) is 19.7 Å². The second kappa shape index (κ2) is 19.2. The van der Waals surface area contributed by atoms with E-state index in [2.05, 4.69) is 21.3 Å². The van der Waals surface area contributed by atoms with Crippen LogP contribution in [0.1, 0.15) is 62.3 Å². The second-order valence-electron chi connectivity index (χ2n) is 12.3. The van der Waals surface area contributed by atoms with Crippen molar-refractivity contribution in [3.63, 3.8) is 0 Å². The highest BCUT2D eigenvalue weighted by Crippen LogP contribution is 2.33. The summed E-state index contributed by atoms with van der Waals surface area (Å²) in [5.41, 5.74) is 3.04. The molecule has 0 aliphatic rings. The van der Waals surface area contributed by atoms with Crippen molar-refractivity contribution in [2.24, 2.45) is 0 Å². The Bertz CT molecular complexity index is 1710. The van der Waals surface area contributed by atoms with Gasteiger partial charge in [0.05, 0.1) is 49.9 Å². The number of aliphatic carboxylic acids is 2. The van der Waals surface area contributed by atoms with E-state index in [4.69, 9.17) is 61.6 Å². The van der Waals surface area contributed by atoms with Crippen LogP contribution in [0.2, 0.25) is 20.1 Å². The highest BCUT2D eigenvalue weighted by molar-refractivity contribution is 6.42. The molecule has 0 saturated carbocycles. The number of hydrogen-bond donors (Lipinski definition) is 7. The number of carboxylic acid groups (broad SMARTS) is 2. The predicted octanol–water partition coefficient (Wildman–Crippen LogP) is 4.89. The first-order valence-corrected chi connectivity index (χ1v) is 16.1. The summed E-state index contributed by atoms with van der Waals surface area (Å²) in [4.78, 5) is 80.6. The van der Waals surface area contributed by atoms with Crippen LogP contribution in [0.5, 0.6) is 0 Å². The molecule has 0 radical (unpaired) electrons. The second-order valence-corrected chi connectivity index (χ2v) is 13.9. The monoisotopic (exact) mass is 812 g/mol. The number of ether oxygens (including phenoxy) is 2. The van der Waals surface area contributed by atoms with Gasteiger partial charge in [-0.05, 0) is 59.7 Å². The molecular formula is C30H36Cl4N6O12. The number of amides is 4. The van der Waals surface area contributed by atoms with Crippen LogP contribution in [0, 0.1) is 10.1 Å². The number of nitrogens with zero attached hydrogens (tertiary/aromatic N) is 1. The summed E-state index contributed by atoms with van der Waals surface area (Å²) in [5, 5.41) is 37.3. The van der Waals surface area contributed by atoms with Gasteiger partial charge in [0.25, 0.3) is 17.5 Å². The fourth-order valence-corrected chi connectivity index (χ4v) is 4.68. The molecular weight excluding hydrogens is 778 g/mol. The van der Waals surface area contributed by atoms with E-state index in [0.29, 0.717) is 0 Å². The first kappa shape index (κ1) is 45.2. The molecule has 0 aliphatic carbocycles. The first-order chi connectivity index (χ1) is 23.7. The molecule has 0 saturated heterocycles. The quantitative estimate of drug-likeness (QED) is 0.0905. The van der Waals surface area contributed by atoms with Gasteiger partial charge < -0.3 is 46.7 Å². The smallest absolute Gasteiger partial charge is 0.407 e. The molecule has 18 nitrogen and oxygen atoms in total. The van der Waals surface area contributed by atoms with Gasteiger partial charge >= 0.3 is 24.1 Å². The van der Waals surface area contributed by atoms with Gasteiger partial charge in [-0.15, -0.1) is 0 Å². The molecule has 0 bridgehead atoms. The van der Waals surface area contributed by atoms with Crippen LogP contribution in [-0.2, 0) is 19.1 Å². The third-order valence-electron chi connectivity index (χ3n) is 5.75. The molecule has 8 N–H and O–H groups in total. The van der Waals surface area contributed by atoms with Crippen LogP contribution in [0.25, 0.3) is 0 Å². The maximum Gasteiger partial charge on any atom is 0.407 e. The van der Waals surface area contributed by atoms with Gasteiger partial charge in [-0.1, -0.05) is 46.4 Å². The number of rotatable bonds is 11. The van der Waals surface area contributed by atoms with E-state index in [1.165, 1.54) is 12.1 Å². The lowest BCUT2D eigenvalue weighted by Crippen LogP contribution is -2.49. The van der Waals surface area contributed by atoms with Crippen molar-refractivity contribution < 1.29 is 53.4 Å². The normalized spacial score (nSPS) is 12.1. The summed E-state index contributed by atoms with van der Waals surface area (Å²) in [7, 11) is 0. The summed E-state index contributed by atoms with van der Waals surface area (Å²) in [5.74, 6) is -4.70. The SMILES string of the molecule is CC(C)(C)OC(=O)NC[C@H](NC(=O)c1c(Cl)ccc(N)c1Cl)C(=O)O.CC(C)(C)OC(=O)NC[C@H](NC(=O)c1c(Cl)ccc([N+](=O)[O-])c1Cl)C(=O)O.